The van der Waals surface area contributed by atoms with Crippen LogP contribution in [0.2, 0.25) is 0 Å². The number of aldehydes is 2. The van der Waals surface area contributed by atoms with Crippen molar-refractivity contribution in [3.05, 3.63) is 41.5 Å². The summed E-state index contributed by atoms with van der Waals surface area (Å²) >= 11 is 0. The third-order valence-electron chi connectivity index (χ3n) is 3.51. The van der Waals surface area contributed by atoms with Gasteiger partial charge in [-0.15, -0.1) is 0 Å². The van der Waals surface area contributed by atoms with E-state index in [-0.39, 0.29) is 23.0 Å². The van der Waals surface area contributed by atoms with E-state index in [1.807, 2.05) is 0 Å². The van der Waals surface area contributed by atoms with E-state index in [1.165, 1.54) is 46.6 Å². The van der Waals surface area contributed by atoms with Crippen LogP contribution >= 0.6 is 0 Å². The lowest BCUT2D eigenvalue weighted by molar-refractivity contribution is -0.104. The molecule has 0 atom stereocenters. The molecule has 8 nitrogen and oxygen atoms in total. The molecule has 2 aromatic rings. The number of allylic oxidation sites excluding steroid dienone is 1. The van der Waals surface area contributed by atoms with Crippen molar-refractivity contribution in [2.24, 2.45) is 0 Å². The van der Waals surface area contributed by atoms with Gasteiger partial charge in [0.1, 0.15) is 12.6 Å². The number of methoxy groups -OCH3 is 4. The Hall–Kier alpha value is -3.68. The Kier molecular flexibility index (Phi) is 8.88. The molecule has 0 bridgehead atoms. The Morgan fingerprint density at radius 3 is 1.32 bits per heavy atom. The molecule has 0 heterocycles. The highest BCUT2D eigenvalue weighted by atomic mass is 16.5. The molecule has 0 aliphatic rings. The zero-order valence-corrected chi connectivity index (χ0v) is 16.0. The summed E-state index contributed by atoms with van der Waals surface area (Å²) in [6.45, 7) is 0. The van der Waals surface area contributed by atoms with Crippen molar-refractivity contribution in [3.8, 4) is 34.5 Å². The van der Waals surface area contributed by atoms with E-state index in [9.17, 15) is 19.8 Å². The number of aromatic hydroxyl groups is 2. The van der Waals surface area contributed by atoms with Crippen LogP contribution < -0.4 is 18.9 Å². The number of carbonyl (C=O) groups excluding carboxylic acids is 2. The molecule has 0 fully saturated rings. The number of ether oxygens (including phenoxy) is 4. The predicted molar refractivity (Wildman–Crippen MR) is 103 cm³/mol. The van der Waals surface area contributed by atoms with E-state index in [4.69, 9.17) is 18.9 Å². The molecular weight excluding hydrogens is 368 g/mol. The van der Waals surface area contributed by atoms with E-state index in [0.29, 0.717) is 35.2 Å². The van der Waals surface area contributed by atoms with Crippen LogP contribution in [0.4, 0.5) is 0 Å². The molecule has 0 aliphatic heterocycles. The molecule has 0 aromatic heterocycles. The quantitative estimate of drug-likeness (QED) is 0.548. The van der Waals surface area contributed by atoms with E-state index in [0.717, 1.165) is 0 Å². The molecule has 0 amide bonds. The van der Waals surface area contributed by atoms with E-state index in [2.05, 4.69) is 0 Å². The summed E-state index contributed by atoms with van der Waals surface area (Å²) in [6, 6.07) is 6.09. The summed E-state index contributed by atoms with van der Waals surface area (Å²) in [5.74, 6) is 0.904. The lowest BCUT2D eigenvalue weighted by Crippen LogP contribution is -1.91. The monoisotopic (exact) mass is 390 g/mol. The maximum absolute atomic E-state index is 10.5. The highest BCUT2D eigenvalue weighted by Crippen LogP contribution is 2.37. The minimum atomic E-state index is -0.101. The van der Waals surface area contributed by atoms with Gasteiger partial charge in [0.15, 0.2) is 23.0 Å². The molecule has 150 valence electrons. The molecule has 0 spiro atoms. The number of hydrogen-bond donors (Lipinski definition) is 2. The Labute approximate surface area is 162 Å². The van der Waals surface area contributed by atoms with Crippen LogP contribution in [-0.2, 0) is 4.79 Å². The minimum Gasteiger partial charge on any atom is -0.502 e. The maximum atomic E-state index is 10.5. The molecule has 0 saturated carbocycles. The van der Waals surface area contributed by atoms with Crippen LogP contribution in [0.15, 0.2) is 30.3 Å². The number of phenols is 2. The third-order valence-corrected chi connectivity index (χ3v) is 3.51. The average Bonchev–Trinajstić information content (AvgIpc) is 2.73. The summed E-state index contributed by atoms with van der Waals surface area (Å²) in [5, 5.41) is 19.0. The zero-order valence-electron chi connectivity index (χ0n) is 16.0. The van der Waals surface area contributed by atoms with Crippen molar-refractivity contribution in [3.63, 3.8) is 0 Å². The standard InChI is InChI=1S/C11H12O4.C9H10O4/c1-14-9-6-8(4-3-5-12)7-10(15-2)11(9)13;1-12-7-3-6(5-10)4-8(13-2)9(7)11/h3-7,13H,1-2H3;3-5,11H,1-2H3. The first-order valence-corrected chi connectivity index (χ1v) is 7.92. The summed E-state index contributed by atoms with van der Waals surface area (Å²) < 4.78 is 19.6. The van der Waals surface area contributed by atoms with Crippen LogP contribution in [0.1, 0.15) is 15.9 Å². The molecule has 0 aliphatic carbocycles. The van der Waals surface area contributed by atoms with E-state index < -0.39 is 0 Å². The fraction of sp³-hybridized carbons (Fsp3) is 0.200. The van der Waals surface area contributed by atoms with Gasteiger partial charge in [0.05, 0.1) is 28.4 Å². The van der Waals surface area contributed by atoms with Crippen LogP contribution in [-0.4, -0.2) is 51.2 Å². The van der Waals surface area contributed by atoms with Crippen LogP contribution in [0, 0.1) is 0 Å². The first-order chi connectivity index (χ1) is 13.4. The Morgan fingerprint density at radius 2 is 1.04 bits per heavy atom. The first kappa shape index (κ1) is 22.4. The summed E-state index contributed by atoms with van der Waals surface area (Å²) in [5.41, 5.74) is 1.11. The van der Waals surface area contributed by atoms with Crippen molar-refractivity contribution in [1.82, 2.24) is 0 Å². The second-order valence-electron chi connectivity index (χ2n) is 5.16. The third kappa shape index (κ3) is 5.66. The number of benzene rings is 2. The predicted octanol–water partition coefficient (Wildman–Crippen LogP) is 2.84. The summed E-state index contributed by atoms with van der Waals surface area (Å²) in [6.07, 6.45) is 4.28. The molecule has 0 unspecified atom stereocenters. The maximum Gasteiger partial charge on any atom is 0.200 e. The zero-order chi connectivity index (χ0) is 21.1. The van der Waals surface area contributed by atoms with Crippen LogP contribution in [0.3, 0.4) is 0 Å². The normalized spacial score (nSPS) is 9.86. The molecule has 2 N–H and O–H groups in total. The smallest absolute Gasteiger partial charge is 0.200 e. The number of rotatable bonds is 7. The van der Waals surface area contributed by atoms with Crippen molar-refractivity contribution < 1.29 is 38.7 Å². The van der Waals surface area contributed by atoms with Crippen LogP contribution in [0.5, 0.6) is 34.5 Å². The fourth-order valence-corrected chi connectivity index (χ4v) is 2.14. The molecular formula is C20H22O8. The largest absolute Gasteiger partial charge is 0.502 e. The van der Waals surface area contributed by atoms with Crippen molar-refractivity contribution in [1.29, 1.82) is 0 Å². The molecule has 8 heteroatoms. The number of phenolic OH excluding ortho intramolecular Hbond substituents is 2. The van der Waals surface area contributed by atoms with E-state index >= 15 is 0 Å². The topological polar surface area (TPSA) is 112 Å². The van der Waals surface area contributed by atoms with Gasteiger partial charge >= 0.3 is 0 Å². The average molecular weight is 390 g/mol. The SMILES string of the molecule is COc1cc(C=CC=O)cc(OC)c1O.COc1cc(C=O)cc(OC)c1O. The fourth-order valence-electron chi connectivity index (χ4n) is 2.14. The van der Waals surface area contributed by atoms with Crippen LogP contribution in [0.25, 0.3) is 6.08 Å². The van der Waals surface area contributed by atoms with Gasteiger partial charge in [0, 0.05) is 5.56 Å². The highest BCUT2D eigenvalue weighted by molar-refractivity contribution is 5.78. The second-order valence-corrected chi connectivity index (χ2v) is 5.16. The van der Waals surface area contributed by atoms with Gasteiger partial charge < -0.3 is 29.2 Å². The van der Waals surface area contributed by atoms with Gasteiger partial charge in [-0.2, -0.15) is 0 Å². The molecule has 0 saturated heterocycles. The second kappa shape index (κ2) is 11.1. The first-order valence-electron chi connectivity index (χ1n) is 7.92. The molecule has 2 rings (SSSR count). The van der Waals surface area contributed by atoms with Crippen molar-refractivity contribution in [2.75, 3.05) is 28.4 Å². The lowest BCUT2D eigenvalue weighted by Gasteiger charge is -2.09. The van der Waals surface area contributed by atoms with Gasteiger partial charge in [-0.3, -0.25) is 9.59 Å². The summed E-state index contributed by atoms with van der Waals surface area (Å²) in [7, 11) is 5.70. The van der Waals surface area contributed by atoms with Gasteiger partial charge in [0.2, 0.25) is 11.5 Å². The van der Waals surface area contributed by atoms with Crippen molar-refractivity contribution >= 4 is 18.6 Å². The molecule has 2 aromatic carbocycles. The lowest BCUT2D eigenvalue weighted by atomic mass is 10.1. The Bertz CT molecular complexity index is 792. The van der Waals surface area contributed by atoms with Gasteiger partial charge in [0.25, 0.3) is 0 Å². The number of carbonyl (C=O) groups is 2. The van der Waals surface area contributed by atoms with Gasteiger partial charge in [-0.05, 0) is 35.9 Å². The Balaban J connectivity index is 0.000000283. The number of hydrogen-bond acceptors (Lipinski definition) is 8. The molecule has 28 heavy (non-hydrogen) atoms. The van der Waals surface area contributed by atoms with E-state index in [1.54, 1.807) is 18.2 Å². The molecule has 0 radical (unpaired) electrons. The van der Waals surface area contributed by atoms with Gasteiger partial charge in [-0.1, -0.05) is 6.08 Å². The van der Waals surface area contributed by atoms with Crippen molar-refractivity contribution in [2.45, 2.75) is 0 Å². The minimum absolute atomic E-state index is 0.0525. The Morgan fingerprint density at radius 1 is 0.679 bits per heavy atom. The highest BCUT2D eigenvalue weighted by Gasteiger charge is 2.10. The summed E-state index contributed by atoms with van der Waals surface area (Å²) in [4.78, 5) is 20.6. The van der Waals surface area contributed by atoms with Gasteiger partial charge in [-0.25, -0.2) is 0 Å².